The van der Waals surface area contributed by atoms with E-state index in [2.05, 4.69) is 10.3 Å². The molecule has 42 heavy (non-hydrogen) atoms. The molecule has 1 aliphatic rings. The monoisotopic (exact) mass is 563 g/mol. The number of esters is 1. The minimum atomic E-state index is -1.03. The molecule has 1 aromatic heterocycles. The van der Waals surface area contributed by atoms with Crippen molar-refractivity contribution >= 4 is 22.8 Å². The number of nitrogens with zero attached hydrogens (tertiary/aromatic N) is 2. The van der Waals surface area contributed by atoms with E-state index >= 15 is 0 Å². The number of carbonyl (C=O) groups excluding carboxylic acids is 1. The van der Waals surface area contributed by atoms with Crippen LogP contribution in [-0.4, -0.2) is 35.6 Å². The number of fused-ring (bicyclic) bond motifs is 1. The number of hydrogen-bond acceptors (Lipinski definition) is 8. The zero-order valence-electron chi connectivity index (χ0n) is 22.9. The van der Waals surface area contributed by atoms with E-state index in [0.717, 1.165) is 29.5 Å². The number of carbonyl (C=O) groups is 1. The minimum Gasteiger partial charge on any atom is -0.484 e. The van der Waals surface area contributed by atoms with Crippen molar-refractivity contribution in [2.45, 2.75) is 30.3 Å². The zero-order valence-corrected chi connectivity index (χ0v) is 22.9. The van der Waals surface area contributed by atoms with Crippen molar-refractivity contribution in [1.82, 2.24) is 10.3 Å². The van der Waals surface area contributed by atoms with E-state index < -0.39 is 22.5 Å². The van der Waals surface area contributed by atoms with Gasteiger partial charge in [0.05, 0.1) is 17.6 Å². The van der Waals surface area contributed by atoms with Crippen LogP contribution in [0.3, 0.4) is 0 Å². The Labute approximate surface area is 242 Å². The van der Waals surface area contributed by atoms with Crippen molar-refractivity contribution in [2.24, 2.45) is 0 Å². The van der Waals surface area contributed by atoms with Crippen LogP contribution in [0.15, 0.2) is 108 Å². The van der Waals surface area contributed by atoms with Gasteiger partial charge in [0.25, 0.3) is 0 Å². The molecule has 0 amide bonds. The standard InChI is InChI=1S/C33H29N3O6/c1-40-32(37)27(21-41-30-20-29-26(19-28(30)36(38)39)34-31(42-29)22-17-18-22)35-33(23-11-5-2-6-12-23,24-13-7-3-8-14-24)25-15-9-4-10-16-25/h2-16,19-20,22,27,35H,17-18,21H2,1H3. The largest absolute Gasteiger partial charge is 0.484 e. The van der Waals surface area contributed by atoms with Crippen molar-refractivity contribution < 1.29 is 23.6 Å². The van der Waals surface area contributed by atoms with Gasteiger partial charge in [0, 0.05) is 18.1 Å². The molecule has 0 bridgehead atoms. The molecule has 0 aliphatic heterocycles. The Morgan fingerprint density at radius 3 is 2.00 bits per heavy atom. The summed E-state index contributed by atoms with van der Waals surface area (Å²) in [7, 11) is 1.30. The van der Waals surface area contributed by atoms with Crippen molar-refractivity contribution in [3.05, 3.63) is 136 Å². The number of oxazole rings is 1. The predicted octanol–water partition coefficient (Wildman–Crippen LogP) is 6.12. The second-order valence-electron chi connectivity index (χ2n) is 10.3. The molecule has 1 unspecified atom stereocenters. The van der Waals surface area contributed by atoms with Crippen LogP contribution in [-0.2, 0) is 15.1 Å². The molecule has 0 saturated heterocycles. The lowest BCUT2D eigenvalue weighted by atomic mass is 9.76. The molecule has 9 nitrogen and oxygen atoms in total. The van der Waals surface area contributed by atoms with Crippen molar-refractivity contribution in [3.63, 3.8) is 0 Å². The first kappa shape index (κ1) is 27.2. The molecule has 1 saturated carbocycles. The van der Waals surface area contributed by atoms with E-state index in [4.69, 9.17) is 13.9 Å². The Morgan fingerprint density at radius 2 is 1.52 bits per heavy atom. The van der Waals surface area contributed by atoms with Crippen molar-refractivity contribution in [2.75, 3.05) is 13.7 Å². The van der Waals surface area contributed by atoms with E-state index in [0.29, 0.717) is 17.0 Å². The number of aromatic nitrogens is 1. The SMILES string of the molecule is COC(=O)C(COc1cc2oc(C3CC3)nc2cc1[N+](=O)[O-])NC(c1ccccc1)(c1ccccc1)c1ccccc1. The third kappa shape index (κ3) is 5.22. The second kappa shape index (κ2) is 11.5. The average molecular weight is 564 g/mol. The van der Waals surface area contributed by atoms with Crippen LogP contribution in [0.2, 0.25) is 0 Å². The van der Waals surface area contributed by atoms with Gasteiger partial charge in [-0.1, -0.05) is 91.0 Å². The number of nitro benzene ring substituents is 1. The normalized spacial score (nSPS) is 13.9. The Bertz CT molecular complexity index is 1610. The van der Waals surface area contributed by atoms with Gasteiger partial charge in [-0.2, -0.15) is 0 Å². The topological polar surface area (TPSA) is 117 Å². The van der Waals surface area contributed by atoms with Crippen LogP contribution >= 0.6 is 0 Å². The van der Waals surface area contributed by atoms with Crippen LogP contribution in [0.4, 0.5) is 5.69 Å². The lowest BCUT2D eigenvalue weighted by Gasteiger charge is -2.39. The summed E-state index contributed by atoms with van der Waals surface area (Å²) < 4.78 is 17.1. The molecule has 4 aromatic carbocycles. The van der Waals surface area contributed by atoms with E-state index in [9.17, 15) is 14.9 Å². The van der Waals surface area contributed by atoms with E-state index in [-0.39, 0.29) is 24.0 Å². The fraction of sp³-hybridized carbons (Fsp3) is 0.212. The number of hydrogen-bond donors (Lipinski definition) is 1. The highest BCUT2D eigenvalue weighted by Gasteiger charge is 2.40. The van der Waals surface area contributed by atoms with Gasteiger partial charge in [-0.15, -0.1) is 0 Å². The third-order valence-electron chi connectivity index (χ3n) is 7.51. The van der Waals surface area contributed by atoms with Crippen molar-refractivity contribution in [3.8, 4) is 5.75 Å². The molecule has 0 spiro atoms. The lowest BCUT2D eigenvalue weighted by molar-refractivity contribution is -0.385. The van der Waals surface area contributed by atoms with E-state index in [1.54, 1.807) is 0 Å². The highest BCUT2D eigenvalue weighted by atomic mass is 16.6. The molecular formula is C33H29N3O6. The maximum atomic E-state index is 13.3. The quantitative estimate of drug-likeness (QED) is 0.0885. The number of methoxy groups -OCH3 is 1. The van der Waals surface area contributed by atoms with E-state index in [1.807, 2.05) is 91.0 Å². The summed E-state index contributed by atoms with van der Waals surface area (Å²) in [5.41, 5.74) is 2.20. The molecule has 1 fully saturated rings. The summed E-state index contributed by atoms with van der Waals surface area (Å²) >= 11 is 0. The molecule has 1 aliphatic carbocycles. The first-order chi connectivity index (χ1) is 20.5. The Hall–Kier alpha value is -5.02. The summed E-state index contributed by atoms with van der Waals surface area (Å²) in [5.74, 6) is 0.216. The first-order valence-electron chi connectivity index (χ1n) is 13.7. The predicted molar refractivity (Wildman–Crippen MR) is 156 cm³/mol. The number of nitrogens with one attached hydrogen (secondary N) is 1. The number of ether oxygens (including phenoxy) is 2. The minimum absolute atomic E-state index is 0.0218. The summed E-state index contributed by atoms with van der Waals surface area (Å²) in [4.78, 5) is 29.2. The molecule has 212 valence electrons. The fourth-order valence-corrected chi connectivity index (χ4v) is 5.29. The van der Waals surface area contributed by atoms with Gasteiger partial charge in [0.15, 0.2) is 11.5 Å². The van der Waals surface area contributed by atoms with Gasteiger partial charge in [0.1, 0.15) is 18.2 Å². The van der Waals surface area contributed by atoms with Gasteiger partial charge >= 0.3 is 11.7 Å². The number of benzene rings is 4. The summed E-state index contributed by atoms with van der Waals surface area (Å²) in [6, 6.07) is 31.1. The highest BCUT2D eigenvalue weighted by molar-refractivity contribution is 5.80. The van der Waals surface area contributed by atoms with Crippen LogP contribution in [0.1, 0.15) is 41.3 Å². The van der Waals surface area contributed by atoms with Gasteiger partial charge in [0.2, 0.25) is 5.75 Å². The molecular weight excluding hydrogens is 534 g/mol. The van der Waals surface area contributed by atoms with Gasteiger partial charge < -0.3 is 13.9 Å². The van der Waals surface area contributed by atoms with E-state index in [1.165, 1.54) is 19.2 Å². The van der Waals surface area contributed by atoms with Crippen LogP contribution < -0.4 is 10.1 Å². The molecule has 9 heteroatoms. The molecule has 1 atom stereocenters. The van der Waals surface area contributed by atoms with Crippen LogP contribution in [0, 0.1) is 10.1 Å². The first-order valence-corrected chi connectivity index (χ1v) is 13.7. The summed E-state index contributed by atoms with van der Waals surface area (Å²) in [5, 5.41) is 15.5. The maximum Gasteiger partial charge on any atom is 0.326 e. The Kier molecular flexibility index (Phi) is 7.41. The zero-order chi connectivity index (χ0) is 29.1. The van der Waals surface area contributed by atoms with Crippen molar-refractivity contribution in [1.29, 1.82) is 0 Å². The molecule has 1 heterocycles. The van der Waals surface area contributed by atoms with Gasteiger partial charge in [-0.3, -0.25) is 20.2 Å². The average Bonchev–Trinajstić information content (AvgIpc) is 3.81. The Morgan fingerprint density at radius 1 is 0.976 bits per heavy atom. The third-order valence-corrected chi connectivity index (χ3v) is 7.51. The summed E-state index contributed by atoms with van der Waals surface area (Å²) in [6.45, 7) is -0.253. The smallest absolute Gasteiger partial charge is 0.326 e. The second-order valence-corrected chi connectivity index (χ2v) is 10.3. The highest BCUT2D eigenvalue weighted by Crippen LogP contribution is 2.42. The fourth-order valence-electron chi connectivity index (χ4n) is 5.29. The molecule has 6 rings (SSSR count). The molecule has 0 radical (unpaired) electrons. The van der Waals surface area contributed by atoms with Crippen LogP contribution in [0.5, 0.6) is 5.75 Å². The maximum absolute atomic E-state index is 13.3. The van der Waals surface area contributed by atoms with Crippen LogP contribution in [0.25, 0.3) is 11.1 Å². The molecule has 5 aromatic rings. The van der Waals surface area contributed by atoms with Gasteiger partial charge in [-0.05, 0) is 29.5 Å². The number of nitro groups is 1. The number of rotatable bonds is 11. The Balaban J connectivity index is 1.41. The van der Waals surface area contributed by atoms with Gasteiger partial charge in [-0.25, -0.2) is 4.98 Å². The molecule has 1 N–H and O–H groups in total. The summed E-state index contributed by atoms with van der Waals surface area (Å²) in [6.07, 6.45) is 1.97. The lowest BCUT2D eigenvalue weighted by Crippen LogP contribution is -2.55.